The van der Waals surface area contributed by atoms with E-state index in [0.29, 0.717) is 5.92 Å². The van der Waals surface area contributed by atoms with Gasteiger partial charge in [-0.15, -0.1) is 0 Å². The van der Waals surface area contributed by atoms with Gasteiger partial charge < -0.3 is 0 Å². The lowest BCUT2D eigenvalue weighted by atomic mass is 10.00. The van der Waals surface area contributed by atoms with E-state index < -0.39 is 0 Å². The lowest BCUT2D eigenvalue weighted by Gasteiger charge is -2.06. The lowest BCUT2D eigenvalue weighted by Crippen LogP contribution is -1.96. The highest BCUT2D eigenvalue weighted by molar-refractivity contribution is 7.08. The number of ketones is 1. The maximum absolute atomic E-state index is 11.9. The monoisotopic (exact) mass is 329 g/mol. The topological polar surface area (TPSA) is 47.8 Å². The third-order valence-electron chi connectivity index (χ3n) is 4.05. The van der Waals surface area contributed by atoms with E-state index in [1.807, 2.05) is 37.8 Å². The van der Waals surface area contributed by atoms with E-state index in [0.717, 1.165) is 45.4 Å². The quantitative estimate of drug-likeness (QED) is 0.632. The molecule has 1 saturated carbocycles. The fourth-order valence-corrected chi connectivity index (χ4v) is 3.79. The van der Waals surface area contributed by atoms with Gasteiger partial charge in [-0.2, -0.15) is 9.47 Å². The van der Waals surface area contributed by atoms with Crippen LogP contribution < -0.4 is 0 Å². The number of hydrogen-bond acceptors (Lipinski definition) is 4. The van der Waals surface area contributed by atoms with E-state index in [9.17, 15) is 4.79 Å². The number of aryl methyl sites for hydroxylation is 1. The Balaban J connectivity index is 0.000000670. The highest BCUT2D eigenvalue weighted by atomic mass is 32.1. The average molecular weight is 329 g/mol. The molecule has 1 aromatic carbocycles. The van der Waals surface area contributed by atoms with Gasteiger partial charge in [-0.25, -0.2) is 0 Å². The minimum atomic E-state index is 0. The molecule has 3 aromatic rings. The molecule has 4 nitrogen and oxygen atoms in total. The van der Waals surface area contributed by atoms with Crippen molar-refractivity contribution in [2.75, 3.05) is 0 Å². The lowest BCUT2D eigenvalue weighted by molar-refractivity contribution is 0.102. The molecule has 0 N–H and O–H groups in total. The minimum absolute atomic E-state index is 0. The molecule has 1 aliphatic rings. The first-order valence-corrected chi connectivity index (χ1v) is 8.85. The summed E-state index contributed by atoms with van der Waals surface area (Å²) in [6, 6.07) is 6.17. The van der Waals surface area contributed by atoms with Crippen molar-refractivity contribution < 1.29 is 6.22 Å². The molecule has 1 aliphatic carbocycles. The summed E-state index contributed by atoms with van der Waals surface area (Å²) in [4.78, 5) is 12.7. The van der Waals surface area contributed by atoms with Crippen LogP contribution in [0.3, 0.4) is 0 Å². The van der Waals surface area contributed by atoms with Gasteiger partial charge in [0.2, 0.25) is 0 Å². The van der Waals surface area contributed by atoms with E-state index in [-0.39, 0.29) is 7.21 Å². The molecule has 1 fully saturated rings. The standard InChI is InChI=1S/C16H15N3OS.C2H6.H2/c1-9(20)16-13(10-6-7-10)14(18-21-16)12-5-3-4-11-8-17-19(2)15(11)12;1-2;/h3-5,8,10H,6-7H2,1-2H3;1-2H3;1H. The average Bonchev–Trinajstić information content (AvgIpc) is 3.19. The van der Waals surface area contributed by atoms with Crippen LogP contribution in [0.2, 0.25) is 0 Å². The number of carbonyl (C=O) groups is 1. The van der Waals surface area contributed by atoms with Gasteiger partial charge in [-0.05, 0) is 30.3 Å². The third-order valence-corrected chi connectivity index (χ3v) is 5.01. The van der Waals surface area contributed by atoms with Crippen LogP contribution in [0.25, 0.3) is 22.2 Å². The van der Waals surface area contributed by atoms with Crippen LogP contribution in [0.5, 0.6) is 0 Å². The number of para-hydroxylation sites is 1. The zero-order valence-corrected chi connectivity index (χ0v) is 14.8. The number of Topliss-reactive ketones (excluding diaryl/α,β-unsaturated/α-hetero) is 1. The molecule has 0 bridgehead atoms. The molecule has 0 radical (unpaired) electrons. The maximum Gasteiger partial charge on any atom is 0.171 e. The van der Waals surface area contributed by atoms with Gasteiger partial charge in [-0.1, -0.05) is 32.0 Å². The number of fused-ring (bicyclic) bond motifs is 1. The Morgan fingerprint density at radius 3 is 2.74 bits per heavy atom. The number of hydrogen-bond donors (Lipinski definition) is 0. The smallest absolute Gasteiger partial charge is 0.171 e. The maximum atomic E-state index is 11.9. The van der Waals surface area contributed by atoms with E-state index in [1.54, 1.807) is 6.92 Å². The van der Waals surface area contributed by atoms with E-state index >= 15 is 0 Å². The van der Waals surface area contributed by atoms with Gasteiger partial charge in [-0.3, -0.25) is 9.48 Å². The van der Waals surface area contributed by atoms with E-state index in [4.69, 9.17) is 0 Å². The fourth-order valence-electron chi connectivity index (χ4n) is 2.92. The summed E-state index contributed by atoms with van der Waals surface area (Å²) >= 11 is 1.34. The Morgan fingerprint density at radius 2 is 2.09 bits per heavy atom. The van der Waals surface area contributed by atoms with Crippen LogP contribution in [-0.2, 0) is 7.05 Å². The van der Waals surface area contributed by atoms with Crippen molar-refractivity contribution in [1.82, 2.24) is 14.2 Å². The number of carbonyl (C=O) groups excluding carboxylic acids is 1. The fraction of sp³-hybridized carbons (Fsp3) is 0.389. The van der Waals surface area contributed by atoms with Gasteiger partial charge >= 0.3 is 0 Å². The highest BCUT2D eigenvalue weighted by Crippen LogP contribution is 2.48. The second-order valence-corrected chi connectivity index (χ2v) is 6.39. The van der Waals surface area contributed by atoms with Gasteiger partial charge in [0.15, 0.2) is 5.78 Å². The van der Waals surface area contributed by atoms with Crippen LogP contribution in [0.4, 0.5) is 0 Å². The predicted molar refractivity (Wildman–Crippen MR) is 97.3 cm³/mol. The summed E-state index contributed by atoms with van der Waals surface area (Å²) in [5, 5.41) is 5.44. The van der Waals surface area contributed by atoms with Crippen molar-refractivity contribution in [1.29, 1.82) is 0 Å². The summed E-state index contributed by atoms with van der Waals surface area (Å²) in [5.74, 6) is 0.624. The van der Waals surface area contributed by atoms with Gasteiger partial charge in [0.25, 0.3) is 0 Å². The number of aromatic nitrogens is 3. The first-order chi connectivity index (χ1) is 11.2. The Kier molecular flexibility index (Phi) is 4.31. The summed E-state index contributed by atoms with van der Waals surface area (Å²) in [5.41, 5.74) is 4.29. The molecule has 0 spiro atoms. The van der Waals surface area contributed by atoms with Gasteiger partial charge in [0.1, 0.15) is 0 Å². The number of nitrogens with zero attached hydrogens (tertiary/aromatic N) is 3. The van der Waals surface area contributed by atoms with Crippen LogP contribution in [0, 0.1) is 0 Å². The Morgan fingerprint density at radius 1 is 1.35 bits per heavy atom. The summed E-state index contributed by atoms with van der Waals surface area (Å²) in [6.07, 6.45) is 4.19. The molecule has 0 aliphatic heterocycles. The van der Waals surface area contributed by atoms with Gasteiger partial charge in [0.05, 0.1) is 22.3 Å². The van der Waals surface area contributed by atoms with E-state index in [2.05, 4.69) is 21.6 Å². The first-order valence-electron chi connectivity index (χ1n) is 8.08. The van der Waals surface area contributed by atoms with Crippen LogP contribution in [0.15, 0.2) is 24.4 Å². The number of rotatable bonds is 3. The third kappa shape index (κ3) is 2.70. The molecule has 5 heteroatoms. The van der Waals surface area contributed by atoms with Crippen molar-refractivity contribution in [3.63, 3.8) is 0 Å². The molecule has 23 heavy (non-hydrogen) atoms. The Labute approximate surface area is 141 Å². The highest BCUT2D eigenvalue weighted by Gasteiger charge is 2.33. The minimum Gasteiger partial charge on any atom is -0.294 e. The molecule has 4 rings (SSSR count). The Bertz CT molecular complexity index is 864. The van der Waals surface area contributed by atoms with Crippen LogP contribution in [0.1, 0.15) is 56.2 Å². The second-order valence-electron chi connectivity index (χ2n) is 5.62. The summed E-state index contributed by atoms with van der Waals surface area (Å²) in [7, 11) is 1.95. The normalized spacial score (nSPS) is 13.7. The second kappa shape index (κ2) is 6.24. The number of benzene rings is 1. The van der Waals surface area contributed by atoms with Crippen molar-refractivity contribution in [3.8, 4) is 11.3 Å². The zero-order valence-electron chi connectivity index (χ0n) is 14.0. The molecule has 0 atom stereocenters. The largest absolute Gasteiger partial charge is 0.294 e. The molecule has 122 valence electrons. The van der Waals surface area contributed by atoms with Crippen molar-refractivity contribution in [2.24, 2.45) is 7.05 Å². The molecule has 2 aromatic heterocycles. The first kappa shape index (κ1) is 15.9. The van der Waals surface area contributed by atoms with Gasteiger partial charge in [0, 0.05) is 31.9 Å². The van der Waals surface area contributed by atoms with Crippen molar-refractivity contribution in [3.05, 3.63) is 34.8 Å². The van der Waals surface area contributed by atoms with Crippen LogP contribution >= 0.6 is 11.5 Å². The zero-order chi connectivity index (χ0) is 16.6. The molecule has 2 heterocycles. The molecular formula is C18H23N3OS. The Hall–Kier alpha value is -2.01. The molecular weight excluding hydrogens is 306 g/mol. The van der Waals surface area contributed by atoms with Crippen molar-refractivity contribution in [2.45, 2.75) is 39.5 Å². The summed E-state index contributed by atoms with van der Waals surface area (Å²) < 4.78 is 6.50. The molecule has 0 saturated heterocycles. The predicted octanol–water partition coefficient (Wildman–Crippen LogP) is 5.05. The van der Waals surface area contributed by atoms with Crippen molar-refractivity contribution >= 4 is 28.2 Å². The summed E-state index contributed by atoms with van der Waals surface area (Å²) in [6.45, 7) is 5.63. The molecule has 0 unspecified atom stereocenters. The SMILES string of the molecule is CC.CC(=O)c1snc(-c2cccc3cnn(C)c23)c1C1CC1.[HH]. The van der Waals surface area contributed by atoms with Crippen LogP contribution in [-0.4, -0.2) is 19.9 Å². The molecule has 0 amide bonds. The van der Waals surface area contributed by atoms with E-state index in [1.165, 1.54) is 11.5 Å².